The second-order valence-corrected chi connectivity index (χ2v) is 6.55. The SMILES string of the molecule is CCN1CCN(C(C)CNC(=NC)NC(C)c2ccccc2)CC1. The van der Waals surface area contributed by atoms with Gasteiger partial charge in [-0.15, -0.1) is 0 Å². The number of nitrogens with one attached hydrogen (secondary N) is 2. The lowest BCUT2D eigenvalue weighted by Crippen LogP contribution is -2.53. The highest BCUT2D eigenvalue weighted by atomic mass is 15.3. The van der Waals surface area contributed by atoms with Gasteiger partial charge in [0.2, 0.25) is 0 Å². The predicted molar refractivity (Wildman–Crippen MR) is 103 cm³/mol. The van der Waals surface area contributed by atoms with Crippen molar-refractivity contribution in [2.24, 2.45) is 4.99 Å². The molecule has 24 heavy (non-hydrogen) atoms. The van der Waals surface area contributed by atoms with Crippen molar-refractivity contribution in [3.63, 3.8) is 0 Å². The number of nitrogens with zero attached hydrogens (tertiary/aromatic N) is 3. The average Bonchev–Trinajstić information content (AvgIpc) is 2.65. The van der Waals surface area contributed by atoms with Crippen LogP contribution in [-0.2, 0) is 0 Å². The Labute approximate surface area is 147 Å². The van der Waals surface area contributed by atoms with Crippen molar-refractivity contribution in [2.45, 2.75) is 32.9 Å². The van der Waals surface area contributed by atoms with E-state index < -0.39 is 0 Å². The van der Waals surface area contributed by atoms with Crippen molar-refractivity contribution in [1.82, 2.24) is 20.4 Å². The van der Waals surface area contributed by atoms with E-state index in [-0.39, 0.29) is 6.04 Å². The normalized spacial score (nSPS) is 19.8. The lowest BCUT2D eigenvalue weighted by atomic mass is 10.1. The summed E-state index contributed by atoms with van der Waals surface area (Å²) >= 11 is 0. The van der Waals surface area contributed by atoms with Crippen LogP contribution in [0.25, 0.3) is 0 Å². The number of likely N-dealkylation sites (N-methyl/N-ethyl adjacent to an activating group) is 1. The third kappa shape index (κ3) is 5.49. The van der Waals surface area contributed by atoms with Crippen molar-refractivity contribution >= 4 is 5.96 Å². The Morgan fingerprint density at radius 1 is 1.12 bits per heavy atom. The molecule has 0 aliphatic carbocycles. The first-order chi connectivity index (χ1) is 11.6. The highest BCUT2D eigenvalue weighted by molar-refractivity contribution is 5.80. The summed E-state index contributed by atoms with van der Waals surface area (Å²) in [6.45, 7) is 13.4. The fourth-order valence-electron chi connectivity index (χ4n) is 3.12. The van der Waals surface area contributed by atoms with Gasteiger partial charge in [0, 0.05) is 45.8 Å². The van der Waals surface area contributed by atoms with Gasteiger partial charge in [-0.05, 0) is 26.0 Å². The number of hydrogen-bond donors (Lipinski definition) is 2. The lowest BCUT2D eigenvalue weighted by Gasteiger charge is -2.37. The molecule has 1 aliphatic heterocycles. The molecule has 1 aromatic rings. The molecule has 0 aromatic heterocycles. The smallest absolute Gasteiger partial charge is 0.191 e. The van der Waals surface area contributed by atoms with E-state index in [4.69, 9.17) is 0 Å². The molecule has 5 nitrogen and oxygen atoms in total. The lowest BCUT2D eigenvalue weighted by molar-refractivity contribution is 0.107. The number of hydrogen-bond acceptors (Lipinski definition) is 3. The van der Waals surface area contributed by atoms with Crippen LogP contribution < -0.4 is 10.6 Å². The van der Waals surface area contributed by atoms with Crippen molar-refractivity contribution in [3.8, 4) is 0 Å². The van der Waals surface area contributed by atoms with E-state index in [1.807, 2.05) is 13.1 Å². The van der Waals surface area contributed by atoms with Crippen LogP contribution in [-0.4, -0.2) is 68.1 Å². The second-order valence-electron chi connectivity index (χ2n) is 6.55. The van der Waals surface area contributed by atoms with Crippen LogP contribution in [0.2, 0.25) is 0 Å². The maximum atomic E-state index is 4.36. The Morgan fingerprint density at radius 2 is 1.79 bits per heavy atom. The zero-order valence-electron chi connectivity index (χ0n) is 15.6. The molecule has 5 heteroatoms. The van der Waals surface area contributed by atoms with Crippen molar-refractivity contribution < 1.29 is 0 Å². The predicted octanol–water partition coefficient (Wildman–Crippen LogP) is 1.94. The summed E-state index contributed by atoms with van der Waals surface area (Å²) in [6, 6.07) is 11.2. The molecule has 0 radical (unpaired) electrons. The third-order valence-corrected chi connectivity index (χ3v) is 4.92. The summed E-state index contributed by atoms with van der Waals surface area (Å²) < 4.78 is 0. The Hall–Kier alpha value is -1.59. The molecule has 1 aliphatic rings. The van der Waals surface area contributed by atoms with Crippen LogP contribution in [0.1, 0.15) is 32.4 Å². The molecule has 0 bridgehead atoms. The van der Waals surface area contributed by atoms with Gasteiger partial charge in [-0.1, -0.05) is 37.3 Å². The first-order valence-electron chi connectivity index (χ1n) is 9.12. The summed E-state index contributed by atoms with van der Waals surface area (Å²) in [5, 5.41) is 6.95. The molecule has 2 rings (SSSR count). The Balaban J connectivity index is 1.77. The molecule has 2 unspecified atom stereocenters. The van der Waals surface area contributed by atoms with Gasteiger partial charge in [-0.3, -0.25) is 9.89 Å². The van der Waals surface area contributed by atoms with E-state index in [0.29, 0.717) is 6.04 Å². The van der Waals surface area contributed by atoms with E-state index in [9.17, 15) is 0 Å². The molecule has 2 atom stereocenters. The van der Waals surface area contributed by atoms with E-state index in [1.54, 1.807) is 0 Å². The molecule has 1 heterocycles. The minimum absolute atomic E-state index is 0.237. The summed E-state index contributed by atoms with van der Waals surface area (Å²) in [6.07, 6.45) is 0. The van der Waals surface area contributed by atoms with E-state index in [2.05, 4.69) is 70.5 Å². The minimum atomic E-state index is 0.237. The van der Waals surface area contributed by atoms with Gasteiger partial charge in [0.25, 0.3) is 0 Å². The van der Waals surface area contributed by atoms with Gasteiger partial charge in [-0.2, -0.15) is 0 Å². The van der Waals surface area contributed by atoms with Crippen molar-refractivity contribution in [2.75, 3.05) is 46.3 Å². The fraction of sp³-hybridized carbons (Fsp3) is 0.632. The van der Waals surface area contributed by atoms with Gasteiger partial charge in [-0.25, -0.2) is 0 Å². The minimum Gasteiger partial charge on any atom is -0.355 e. The van der Waals surface area contributed by atoms with Crippen LogP contribution in [0.5, 0.6) is 0 Å². The Morgan fingerprint density at radius 3 is 2.38 bits per heavy atom. The molecule has 1 saturated heterocycles. The molecule has 1 aromatic carbocycles. The van der Waals surface area contributed by atoms with E-state index in [1.165, 1.54) is 18.7 Å². The first-order valence-corrected chi connectivity index (χ1v) is 9.12. The van der Waals surface area contributed by atoms with Crippen LogP contribution in [0.4, 0.5) is 0 Å². The summed E-state index contributed by atoms with van der Waals surface area (Å²) in [7, 11) is 1.83. The molecule has 2 N–H and O–H groups in total. The molecular weight excluding hydrogens is 298 g/mol. The van der Waals surface area contributed by atoms with Gasteiger partial charge >= 0.3 is 0 Å². The molecular formula is C19H33N5. The number of guanidine groups is 1. The van der Waals surface area contributed by atoms with Gasteiger partial charge in [0.15, 0.2) is 5.96 Å². The molecule has 0 saturated carbocycles. The summed E-state index contributed by atoms with van der Waals surface area (Å²) in [5.41, 5.74) is 1.27. The Kier molecular flexibility index (Phi) is 7.53. The van der Waals surface area contributed by atoms with Crippen LogP contribution >= 0.6 is 0 Å². The van der Waals surface area contributed by atoms with E-state index in [0.717, 1.165) is 32.1 Å². The van der Waals surface area contributed by atoms with Crippen molar-refractivity contribution in [3.05, 3.63) is 35.9 Å². The molecule has 134 valence electrons. The highest BCUT2D eigenvalue weighted by Gasteiger charge is 2.20. The van der Waals surface area contributed by atoms with Gasteiger partial charge in [0.1, 0.15) is 0 Å². The molecule has 0 amide bonds. The standard InChI is InChI=1S/C19H33N5/c1-5-23-11-13-24(14-12-23)16(2)15-21-19(20-4)22-17(3)18-9-7-6-8-10-18/h6-10,16-17H,5,11-15H2,1-4H3,(H2,20,21,22). The zero-order chi connectivity index (χ0) is 17.4. The monoisotopic (exact) mass is 331 g/mol. The van der Waals surface area contributed by atoms with Crippen molar-refractivity contribution in [1.29, 1.82) is 0 Å². The first kappa shape index (κ1) is 18.7. The number of aliphatic imine (C=N–C) groups is 1. The summed E-state index contributed by atoms with van der Waals surface area (Å²) in [5.74, 6) is 0.866. The fourth-order valence-corrected chi connectivity index (χ4v) is 3.12. The number of piperazine rings is 1. The summed E-state index contributed by atoms with van der Waals surface area (Å²) in [4.78, 5) is 9.44. The zero-order valence-corrected chi connectivity index (χ0v) is 15.6. The van der Waals surface area contributed by atoms with Crippen LogP contribution in [0.15, 0.2) is 35.3 Å². The molecule has 1 fully saturated rings. The van der Waals surface area contributed by atoms with Gasteiger partial charge in [0.05, 0.1) is 6.04 Å². The van der Waals surface area contributed by atoms with Crippen LogP contribution in [0, 0.1) is 0 Å². The largest absolute Gasteiger partial charge is 0.355 e. The second kappa shape index (κ2) is 9.64. The molecule has 0 spiro atoms. The van der Waals surface area contributed by atoms with Gasteiger partial charge < -0.3 is 15.5 Å². The Bertz CT molecular complexity index is 494. The number of benzene rings is 1. The number of rotatable bonds is 6. The quantitative estimate of drug-likeness (QED) is 0.618. The van der Waals surface area contributed by atoms with Crippen LogP contribution in [0.3, 0.4) is 0 Å². The maximum absolute atomic E-state index is 4.36. The maximum Gasteiger partial charge on any atom is 0.191 e. The third-order valence-electron chi connectivity index (χ3n) is 4.92. The topological polar surface area (TPSA) is 42.9 Å². The van der Waals surface area contributed by atoms with E-state index >= 15 is 0 Å². The average molecular weight is 332 g/mol. The highest BCUT2D eigenvalue weighted by Crippen LogP contribution is 2.11.